The lowest BCUT2D eigenvalue weighted by Gasteiger charge is -2.19. The van der Waals surface area contributed by atoms with Crippen LogP contribution >= 0.6 is 0 Å². The van der Waals surface area contributed by atoms with E-state index >= 15 is 0 Å². The molecule has 0 unspecified atom stereocenters. The van der Waals surface area contributed by atoms with E-state index in [9.17, 15) is 8.42 Å². The molecule has 0 aliphatic carbocycles. The minimum Gasteiger partial charge on any atom is -0.496 e. The molecule has 1 aliphatic rings. The van der Waals surface area contributed by atoms with E-state index in [0.29, 0.717) is 17.0 Å². The van der Waals surface area contributed by atoms with Gasteiger partial charge in [-0.1, -0.05) is 24.3 Å². The summed E-state index contributed by atoms with van der Waals surface area (Å²) in [7, 11) is -2.16. The van der Waals surface area contributed by atoms with E-state index < -0.39 is 10.0 Å². The Hall–Kier alpha value is -2.34. The summed E-state index contributed by atoms with van der Waals surface area (Å²) >= 11 is 0. The Kier molecular flexibility index (Phi) is 2.94. The standard InChI is InChI=1S/C14H12N2O3S/c1-19-12-8-4-2-6-10(12)14-15-11-7-3-5-9-13(11)20(17,18)16-14/h2-9H,1H3,(H,15,16). The van der Waals surface area contributed by atoms with Crippen molar-refractivity contribution >= 4 is 21.5 Å². The number of amidine groups is 1. The monoisotopic (exact) mass is 288 g/mol. The quantitative estimate of drug-likeness (QED) is 0.920. The number of fused-ring (bicyclic) bond motifs is 1. The topological polar surface area (TPSA) is 67.8 Å². The van der Waals surface area contributed by atoms with E-state index in [0.717, 1.165) is 0 Å². The van der Waals surface area contributed by atoms with Gasteiger partial charge in [-0.25, -0.2) is 0 Å². The number of ether oxygens (including phenoxy) is 1. The van der Waals surface area contributed by atoms with Gasteiger partial charge in [-0.3, -0.25) is 0 Å². The van der Waals surface area contributed by atoms with Crippen molar-refractivity contribution in [1.29, 1.82) is 0 Å². The van der Waals surface area contributed by atoms with Crippen molar-refractivity contribution in [1.82, 2.24) is 0 Å². The van der Waals surface area contributed by atoms with Crippen molar-refractivity contribution in [3.63, 3.8) is 0 Å². The first-order chi connectivity index (χ1) is 9.62. The Morgan fingerprint density at radius 3 is 2.55 bits per heavy atom. The van der Waals surface area contributed by atoms with Crippen molar-refractivity contribution in [2.24, 2.45) is 4.40 Å². The fourth-order valence-electron chi connectivity index (χ4n) is 2.07. The lowest BCUT2D eigenvalue weighted by atomic mass is 10.1. The zero-order chi connectivity index (χ0) is 14.2. The third kappa shape index (κ3) is 2.04. The largest absolute Gasteiger partial charge is 0.496 e. The van der Waals surface area contributed by atoms with Crippen LogP contribution in [0.15, 0.2) is 57.8 Å². The number of anilines is 1. The van der Waals surface area contributed by atoms with Gasteiger partial charge < -0.3 is 10.1 Å². The third-order valence-electron chi connectivity index (χ3n) is 2.99. The van der Waals surface area contributed by atoms with Gasteiger partial charge in [0.2, 0.25) is 0 Å². The maximum atomic E-state index is 12.2. The molecule has 1 N–H and O–H groups in total. The molecule has 0 bridgehead atoms. The van der Waals surface area contributed by atoms with Gasteiger partial charge in [0.1, 0.15) is 10.6 Å². The first kappa shape index (κ1) is 12.7. The summed E-state index contributed by atoms with van der Waals surface area (Å²) in [4.78, 5) is 0.179. The SMILES string of the molecule is COc1ccccc1C1=NS(=O)(=O)c2ccccc2N1. The first-order valence-electron chi connectivity index (χ1n) is 5.96. The molecule has 0 saturated carbocycles. The normalized spacial score (nSPS) is 15.8. The van der Waals surface area contributed by atoms with Gasteiger partial charge >= 0.3 is 0 Å². The summed E-state index contributed by atoms with van der Waals surface area (Å²) in [6.07, 6.45) is 0. The van der Waals surface area contributed by atoms with Gasteiger partial charge in [0, 0.05) is 0 Å². The number of benzene rings is 2. The molecular formula is C14H12N2O3S. The van der Waals surface area contributed by atoms with Crippen LogP contribution < -0.4 is 10.1 Å². The third-order valence-corrected chi connectivity index (χ3v) is 4.33. The molecule has 3 rings (SSSR count). The number of hydrogen-bond donors (Lipinski definition) is 1. The van der Waals surface area contributed by atoms with Gasteiger partial charge in [0.25, 0.3) is 10.0 Å². The molecule has 2 aromatic carbocycles. The predicted molar refractivity (Wildman–Crippen MR) is 76.8 cm³/mol. The minimum atomic E-state index is -3.69. The van der Waals surface area contributed by atoms with Crippen molar-refractivity contribution in [3.8, 4) is 5.75 Å². The van der Waals surface area contributed by atoms with Gasteiger partial charge in [-0.05, 0) is 24.3 Å². The lowest BCUT2D eigenvalue weighted by molar-refractivity contribution is 0.414. The Morgan fingerprint density at radius 1 is 1.05 bits per heavy atom. The second-order valence-electron chi connectivity index (χ2n) is 4.24. The van der Waals surface area contributed by atoms with Crippen LogP contribution in [0.25, 0.3) is 0 Å². The Balaban J connectivity index is 2.17. The molecule has 0 fully saturated rings. The first-order valence-corrected chi connectivity index (χ1v) is 7.40. The Morgan fingerprint density at radius 2 is 1.75 bits per heavy atom. The smallest absolute Gasteiger partial charge is 0.286 e. The highest BCUT2D eigenvalue weighted by Gasteiger charge is 2.26. The zero-order valence-corrected chi connectivity index (χ0v) is 11.5. The molecule has 5 nitrogen and oxygen atoms in total. The zero-order valence-electron chi connectivity index (χ0n) is 10.7. The number of methoxy groups -OCH3 is 1. The summed E-state index contributed by atoms with van der Waals surface area (Å²) in [6.45, 7) is 0. The van der Waals surface area contributed by atoms with Crippen molar-refractivity contribution in [3.05, 3.63) is 54.1 Å². The highest BCUT2D eigenvalue weighted by Crippen LogP contribution is 2.30. The van der Waals surface area contributed by atoms with Crippen LogP contribution in [0.2, 0.25) is 0 Å². The molecular weight excluding hydrogens is 276 g/mol. The molecule has 0 aromatic heterocycles. The number of hydrogen-bond acceptors (Lipinski definition) is 4. The maximum absolute atomic E-state index is 12.2. The van der Waals surface area contributed by atoms with Crippen LogP contribution in [0.3, 0.4) is 0 Å². The second-order valence-corrected chi connectivity index (χ2v) is 5.81. The molecule has 6 heteroatoms. The second kappa shape index (κ2) is 4.64. The average Bonchev–Trinajstić information content (AvgIpc) is 2.46. The number of rotatable bonds is 2. The molecule has 0 atom stereocenters. The van der Waals surface area contributed by atoms with Crippen LogP contribution in [-0.2, 0) is 10.0 Å². The molecule has 0 spiro atoms. The molecule has 1 aliphatic heterocycles. The molecule has 102 valence electrons. The molecule has 0 saturated heterocycles. The number of sulfonamides is 1. The molecule has 2 aromatic rings. The van der Waals surface area contributed by atoms with Gasteiger partial charge in [-0.2, -0.15) is 8.42 Å². The number of nitrogens with zero attached hydrogens (tertiary/aromatic N) is 1. The van der Waals surface area contributed by atoms with E-state index in [4.69, 9.17) is 4.74 Å². The molecule has 20 heavy (non-hydrogen) atoms. The van der Waals surface area contributed by atoms with Gasteiger partial charge in [-0.15, -0.1) is 4.40 Å². The summed E-state index contributed by atoms with van der Waals surface area (Å²) in [6, 6.07) is 13.8. The van der Waals surface area contributed by atoms with Crippen LogP contribution in [0, 0.1) is 0 Å². The van der Waals surface area contributed by atoms with E-state index in [2.05, 4.69) is 9.71 Å². The van der Waals surface area contributed by atoms with Gasteiger partial charge in [0.15, 0.2) is 5.84 Å². The maximum Gasteiger partial charge on any atom is 0.286 e. The predicted octanol–water partition coefficient (Wildman–Crippen LogP) is 2.26. The highest BCUT2D eigenvalue weighted by atomic mass is 32.2. The van der Waals surface area contributed by atoms with Crippen LogP contribution in [0.1, 0.15) is 5.56 Å². The van der Waals surface area contributed by atoms with E-state index in [1.165, 1.54) is 13.2 Å². The highest BCUT2D eigenvalue weighted by molar-refractivity contribution is 7.90. The lowest BCUT2D eigenvalue weighted by Crippen LogP contribution is -2.22. The number of para-hydroxylation sites is 2. The summed E-state index contributed by atoms with van der Waals surface area (Å²) < 4.78 is 33.4. The molecule has 0 amide bonds. The fraction of sp³-hybridized carbons (Fsp3) is 0.0714. The summed E-state index contributed by atoms with van der Waals surface area (Å²) in [5.41, 5.74) is 1.12. The van der Waals surface area contributed by atoms with E-state index in [-0.39, 0.29) is 10.7 Å². The van der Waals surface area contributed by atoms with Crippen LogP contribution in [0.5, 0.6) is 5.75 Å². The van der Waals surface area contributed by atoms with Crippen molar-refractivity contribution in [2.45, 2.75) is 4.90 Å². The summed E-state index contributed by atoms with van der Waals surface area (Å²) in [5, 5.41) is 3.03. The van der Waals surface area contributed by atoms with Gasteiger partial charge in [0.05, 0.1) is 18.4 Å². The number of nitrogens with one attached hydrogen (secondary N) is 1. The Bertz CT molecular complexity index is 798. The summed E-state index contributed by atoms with van der Waals surface area (Å²) in [5.74, 6) is 0.828. The molecule has 0 radical (unpaired) electrons. The average molecular weight is 288 g/mol. The minimum absolute atomic E-state index is 0.179. The van der Waals surface area contributed by atoms with Crippen molar-refractivity contribution < 1.29 is 13.2 Å². The molecule has 1 heterocycles. The van der Waals surface area contributed by atoms with Crippen molar-refractivity contribution in [2.75, 3.05) is 12.4 Å². The van der Waals surface area contributed by atoms with Crippen LogP contribution in [0.4, 0.5) is 5.69 Å². The van der Waals surface area contributed by atoms with E-state index in [1.54, 1.807) is 36.4 Å². The Labute approximate surface area is 117 Å². The van der Waals surface area contributed by atoms with Crippen LogP contribution in [-0.4, -0.2) is 21.4 Å². The fourth-order valence-corrected chi connectivity index (χ4v) is 3.20. The van der Waals surface area contributed by atoms with E-state index in [1.807, 2.05) is 6.07 Å².